The standard InChI is InChI=1S/C19H15F2NO2/c1-19(20,21)16-6-3-7-17(11-16)22-9-8-15(12-22)13-4-2-5-14(10-13)18(23)24/h2-12H,1H3,(H,23,24). The molecule has 0 aliphatic rings. The number of hydrogen-bond acceptors (Lipinski definition) is 1. The largest absolute Gasteiger partial charge is 0.478 e. The van der Waals surface area contributed by atoms with Crippen LogP contribution in [0.2, 0.25) is 0 Å². The lowest BCUT2D eigenvalue weighted by Gasteiger charge is -2.12. The molecule has 1 heterocycles. The number of carboxylic acid groups (broad SMARTS) is 1. The van der Waals surface area contributed by atoms with Crippen molar-refractivity contribution in [2.24, 2.45) is 0 Å². The van der Waals surface area contributed by atoms with Gasteiger partial charge in [-0.15, -0.1) is 0 Å². The summed E-state index contributed by atoms with van der Waals surface area (Å²) in [6.07, 6.45) is 3.55. The second-order valence-corrected chi connectivity index (χ2v) is 5.63. The SMILES string of the molecule is CC(F)(F)c1cccc(-n2ccc(-c3cccc(C(=O)O)c3)c2)c1. The first-order valence-electron chi connectivity index (χ1n) is 7.35. The number of nitrogens with zero attached hydrogens (tertiary/aromatic N) is 1. The number of carboxylic acids is 1. The maximum Gasteiger partial charge on any atom is 0.335 e. The highest BCUT2D eigenvalue weighted by Gasteiger charge is 2.24. The van der Waals surface area contributed by atoms with Crippen LogP contribution in [0.1, 0.15) is 22.8 Å². The molecule has 0 saturated carbocycles. The van der Waals surface area contributed by atoms with Crippen molar-refractivity contribution in [1.29, 1.82) is 0 Å². The van der Waals surface area contributed by atoms with E-state index in [1.165, 1.54) is 18.2 Å². The molecule has 24 heavy (non-hydrogen) atoms. The number of aromatic carboxylic acids is 1. The third-order valence-electron chi connectivity index (χ3n) is 3.79. The van der Waals surface area contributed by atoms with Crippen LogP contribution in [0.15, 0.2) is 67.0 Å². The molecule has 0 saturated heterocycles. The van der Waals surface area contributed by atoms with Gasteiger partial charge >= 0.3 is 5.97 Å². The van der Waals surface area contributed by atoms with Crippen LogP contribution in [0, 0.1) is 0 Å². The molecule has 0 amide bonds. The maximum absolute atomic E-state index is 13.5. The first-order valence-corrected chi connectivity index (χ1v) is 7.35. The van der Waals surface area contributed by atoms with Gasteiger partial charge in [-0.05, 0) is 41.5 Å². The Morgan fingerprint density at radius 1 is 1.04 bits per heavy atom. The average molecular weight is 327 g/mol. The molecule has 122 valence electrons. The van der Waals surface area contributed by atoms with Gasteiger partial charge < -0.3 is 9.67 Å². The number of hydrogen-bond donors (Lipinski definition) is 1. The second kappa shape index (κ2) is 5.92. The van der Waals surface area contributed by atoms with Crippen molar-refractivity contribution in [2.75, 3.05) is 0 Å². The van der Waals surface area contributed by atoms with Crippen molar-refractivity contribution in [3.8, 4) is 16.8 Å². The lowest BCUT2D eigenvalue weighted by molar-refractivity contribution is 0.0174. The van der Waals surface area contributed by atoms with Crippen LogP contribution in [-0.2, 0) is 5.92 Å². The zero-order valence-corrected chi connectivity index (χ0v) is 12.9. The Kier molecular flexibility index (Phi) is 3.93. The van der Waals surface area contributed by atoms with E-state index in [4.69, 9.17) is 5.11 Å². The zero-order valence-electron chi connectivity index (χ0n) is 12.9. The summed E-state index contributed by atoms with van der Waals surface area (Å²) in [5.74, 6) is -3.89. The molecule has 0 fully saturated rings. The fraction of sp³-hybridized carbons (Fsp3) is 0.105. The molecule has 0 aliphatic heterocycles. The Bertz CT molecular complexity index is 894. The number of benzene rings is 2. The minimum absolute atomic E-state index is 0.0527. The highest BCUT2D eigenvalue weighted by Crippen LogP contribution is 2.29. The van der Waals surface area contributed by atoms with E-state index in [-0.39, 0.29) is 11.1 Å². The van der Waals surface area contributed by atoms with Gasteiger partial charge in [0.2, 0.25) is 0 Å². The zero-order chi connectivity index (χ0) is 17.3. The Labute approximate surface area is 137 Å². The van der Waals surface area contributed by atoms with Crippen molar-refractivity contribution in [3.05, 3.63) is 78.1 Å². The number of aromatic nitrogens is 1. The summed E-state index contributed by atoms with van der Waals surface area (Å²) < 4.78 is 28.7. The molecule has 0 radical (unpaired) electrons. The monoisotopic (exact) mass is 327 g/mol. The summed E-state index contributed by atoms with van der Waals surface area (Å²) in [6, 6.07) is 14.6. The molecule has 0 unspecified atom stereocenters. The Balaban J connectivity index is 1.97. The van der Waals surface area contributed by atoms with E-state index in [1.807, 2.05) is 12.1 Å². The molecule has 0 aliphatic carbocycles. The summed E-state index contributed by atoms with van der Waals surface area (Å²) in [5, 5.41) is 9.07. The highest BCUT2D eigenvalue weighted by molar-refractivity contribution is 5.89. The molecule has 0 spiro atoms. The van der Waals surface area contributed by atoms with Gasteiger partial charge in [0.05, 0.1) is 5.56 Å². The first-order chi connectivity index (χ1) is 11.3. The van der Waals surface area contributed by atoms with Gasteiger partial charge in [-0.3, -0.25) is 0 Å². The molecular formula is C19H15F2NO2. The van der Waals surface area contributed by atoms with E-state index in [1.54, 1.807) is 41.2 Å². The van der Waals surface area contributed by atoms with Gasteiger partial charge in [0.1, 0.15) is 0 Å². The van der Waals surface area contributed by atoms with Crippen LogP contribution in [0.5, 0.6) is 0 Å². The highest BCUT2D eigenvalue weighted by atomic mass is 19.3. The lowest BCUT2D eigenvalue weighted by Crippen LogP contribution is -2.07. The summed E-state index contributed by atoms with van der Waals surface area (Å²) in [4.78, 5) is 11.1. The quantitative estimate of drug-likeness (QED) is 0.736. The number of alkyl halides is 2. The molecule has 3 nitrogen and oxygen atoms in total. The van der Waals surface area contributed by atoms with E-state index < -0.39 is 11.9 Å². The maximum atomic E-state index is 13.5. The van der Waals surface area contributed by atoms with Gasteiger partial charge in [-0.1, -0.05) is 24.3 Å². The Hall–Kier alpha value is -2.95. The Morgan fingerprint density at radius 3 is 2.50 bits per heavy atom. The molecule has 3 rings (SSSR count). The van der Waals surface area contributed by atoms with Crippen LogP contribution < -0.4 is 0 Å². The summed E-state index contributed by atoms with van der Waals surface area (Å²) >= 11 is 0. The number of rotatable bonds is 4. The van der Waals surface area contributed by atoms with Crippen LogP contribution in [0.25, 0.3) is 16.8 Å². The first kappa shape index (κ1) is 15.9. The van der Waals surface area contributed by atoms with Crippen LogP contribution in [0.4, 0.5) is 8.78 Å². The topological polar surface area (TPSA) is 42.2 Å². The molecule has 0 atom stereocenters. The van der Waals surface area contributed by atoms with Gasteiger partial charge in [-0.25, -0.2) is 13.6 Å². The van der Waals surface area contributed by atoms with Crippen molar-refractivity contribution in [2.45, 2.75) is 12.8 Å². The van der Waals surface area contributed by atoms with Gasteiger partial charge in [-0.2, -0.15) is 0 Å². The normalized spacial score (nSPS) is 11.5. The van der Waals surface area contributed by atoms with Gasteiger partial charge in [0.15, 0.2) is 0 Å². The summed E-state index contributed by atoms with van der Waals surface area (Å²) in [7, 11) is 0. The minimum atomic E-state index is -2.90. The molecule has 1 N–H and O–H groups in total. The lowest BCUT2D eigenvalue weighted by atomic mass is 10.1. The smallest absolute Gasteiger partial charge is 0.335 e. The van der Waals surface area contributed by atoms with Crippen LogP contribution in [-0.4, -0.2) is 15.6 Å². The fourth-order valence-corrected chi connectivity index (χ4v) is 2.50. The van der Waals surface area contributed by atoms with E-state index in [0.717, 1.165) is 18.1 Å². The van der Waals surface area contributed by atoms with E-state index in [9.17, 15) is 13.6 Å². The molecular weight excluding hydrogens is 312 g/mol. The van der Waals surface area contributed by atoms with Gasteiger partial charge in [0.25, 0.3) is 5.92 Å². The van der Waals surface area contributed by atoms with E-state index in [0.29, 0.717) is 5.69 Å². The average Bonchev–Trinajstić information content (AvgIpc) is 3.04. The van der Waals surface area contributed by atoms with Crippen molar-refractivity contribution in [1.82, 2.24) is 4.57 Å². The van der Waals surface area contributed by atoms with Crippen LogP contribution >= 0.6 is 0 Å². The van der Waals surface area contributed by atoms with Gasteiger partial charge in [0, 0.05) is 30.6 Å². The summed E-state index contributed by atoms with van der Waals surface area (Å²) in [5.41, 5.74) is 2.34. The molecule has 5 heteroatoms. The van der Waals surface area contributed by atoms with Crippen LogP contribution in [0.3, 0.4) is 0 Å². The number of carbonyl (C=O) groups is 1. The van der Waals surface area contributed by atoms with Crippen molar-refractivity contribution >= 4 is 5.97 Å². The van der Waals surface area contributed by atoms with Crippen molar-refractivity contribution in [3.63, 3.8) is 0 Å². The third kappa shape index (κ3) is 3.20. The predicted molar refractivity (Wildman–Crippen MR) is 87.7 cm³/mol. The molecule has 0 bridgehead atoms. The Morgan fingerprint density at radius 2 is 1.79 bits per heavy atom. The van der Waals surface area contributed by atoms with E-state index >= 15 is 0 Å². The minimum Gasteiger partial charge on any atom is -0.478 e. The fourth-order valence-electron chi connectivity index (χ4n) is 2.50. The molecule has 3 aromatic rings. The predicted octanol–water partition coefficient (Wildman–Crippen LogP) is 4.95. The molecule has 2 aromatic carbocycles. The number of halogens is 2. The summed E-state index contributed by atoms with van der Waals surface area (Å²) in [6.45, 7) is 0.866. The second-order valence-electron chi connectivity index (χ2n) is 5.63. The molecule has 1 aromatic heterocycles. The van der Waals surface area contributed by atoms with E-state index in [2.05, 4.69) is 0 Å². The van der Waals surface area contributed by atoms with Crippen molar-refractivity contribution < 1.29 is 18.7 Å². The third-order valence-corrected chi connectivity index (χ3v) is 3.79.